The molecule has 0 spiro atoms. The monoisotopic (exact) mass is 347 g/mol. The van der Waals surface area contributed by atoms with Gasteiger partial charge in [-0.2, -0.15) is 0 Å². The molecule has 0 unspecified atom stereocenters. The van der Waals surface area contributed by atoms with Crippen LogP contribution >= 0.6 is 0 Å². The molecule has 2 rings (SSSR count). The molecule has 6 heteroatoms. The average Bonchev–Trinajstić information content (AvgIpc) is 2.54. The van der Waals surface area contributed by atoms with E-state index in [0.717, 1.165) is 18.4 Å². The molecule has 1 fully saturated rings. The van der Waals surface area contributed by atoms with Gasteiger partial charge in [0.05, 0.1) is 6.04 Å². The van der Waals surface area contributed by atoms with Crippen LogP contribution in [0.2, 0.25) is 0 Å². The Morgan fingerprint density at radius 2 is 1.92 bits per heavy atom. The number of alkyl carbamates (subject to hydrolysis) is 1. The van der Waals surface area contributed by atoms with Crippen LogP contribution in [0.5, 0.6) is 0 Å². The number of nitrogens with zero attached hydrogens (tertiary/aromatic N) is 1. The molecule has 6 nitrogen and oxygen atoms in total. The summed E-state index contributed by atoms with van der Waals surface area (Å²) < 4.78 is 5.29. The van der Waals surface area contributed by atoms with Crippen molar-refractivity contribution in [3.63, 3.8) is 0 Å². The number of piperidine rings is 1. The minimum absolute atomic E-state index is 0.0621. The Hall–Kier alpha value is -2.24. The molecule has 0 aliphatic carbocycles. The van der Waals surface area contributed by atoms with Crippen LogP contribution in [0.25, 0.3) is 0 Å². The fourth-order valence-electron chi connectivity index (χ4n) is 2.86. The number of carbonyl (C=O) groups excluding carboxylic acids is 2. The minimum Gasteiger partial charge on any atom is -0.444 e. The van der Waals surface area contributed by atoms with Crippen LogP contribution in [-0.2, 0) is 4.74 Å². The molecule has 0 saturated carbocycles. The molecular weight excluding hydrogens is 318 g/mol. The number of hydrogen-bond acceptors (Lipinski definition) is 3. The van der Waals surface area contributed by atoms with Crippen LogP contribution in [0.4, 0.5) is 9.59 Å². The Balaban J connectivity index is 1.85. The number of rotatable bonds is 3. The zero-order valence-electron chi connectivity index (χ0n) is 15.5. The highest BCUT2D eigenvalue weighted by molar-refractivity contribution is 5.75. The number of amides is 3. The lowest BCUT2D eigenvalue weighted by atomic mass is 10.1. The second-order valence-corrected chi connectivity index (χ2v) is 7.51. The van der Waals surface area contributed by atoms with Crippen molar-refractivity contribution in [3.05, 3.63) is 35.9 Å². The predicted octanol–water partition coefficient (Wildman–Crippen LogP) is 3.45. The van der Waals surface area contributed by atoms with Gasteiger partial charge in [-0.05, 0) is 46.1 Å². The molecule has 1 aromatic carbocycles. The lowest BCUT2D eigenvalue weighted by Gasteiger charge is -2.34. The maximum absolute atomic E-state index is 12.5. The number of nitrogens with one attached hydrogen (secondary N) is 2. The third kappa shape index (κ3) is 6.29. The molecule has 0 radical (unpaired) electrons. The van der Waals surface area contributed by atoms with E-state index < -0.39 is 11.7 Å². The molecule has 1 saturated heterocycles. The number of ether oxygens (including phenoxy) is 1. The number of carbonyl (C=O) groups is 2. The molecule has 2 N–H and O–H groups in total. The number of likely N-dealkylation sites (tertiary alicyclic amines) is 1. The van der Waals surface area contributed by atoms with E-state index in [1.165, 1.54) is 0 Å². The Morgan fingerprint density at radius 3 is 2.56 bits per heavy atom. The van der Waals surface area contributed by atoms with Gasteiger partial charge in [0.2, 0.25) is 0 Å². The highest BCUT2D eigenvalue weighted by Crippen LogP contribution is 2.15. The van der Waals surface area contributed by atoms with Gasteiger partial charge in [-0.3, -0.25) is 0 Å². The first-order chi connectivity index (χ1) is 11.7. The maximum atomic E-state index is 12.5. The molecule has 0 bridgehead atoms. The van der Waals surface area contributed by atoms with E-state index in [2.05, 4.69) is 10.6 Å². The lowest BCUT2D eigenvalue weighted by Crippen LogP contribution is -2.53. The minimum atomic E-state index is -0.527. The van der Waals surface area contributed by atoms with E-state index in [9.17, 15) is 9.59 Å². The Kier molecular flexibility index (Phi) is 6.28. The summed E-state index contributed by atoms with van der Waals surface area (Å²) in [4.78, 5) is 26.2. The zero-order valence-corrected chi connectivity index (χ0v) is 15.5. The molecule has 0 aromatic heterocycles. The molecule has 1 aliphatic rings. The van der Waals surface area contributed by atoms with Crippen molar-refractivity contribution in [2.45, 2.75) is 58.2 Å². The topological polar surface area (TPSA) is 70.7 Å². The van der Waals surface area contributed by atoms with Crippen molar-refractivity contribution >= 4 is 12.1 Å². The van der Waals surface area contributed by atoms with Gasteiger partial charge in [0.25, 0.3) is 0 Å². The predicted molar refractivity (Wildman–Crippen MR) is 97.4 cm³/mol. The van der Waals surface area contributed by atoms with Crippen molar-refractivity contribution in [1.82, 2.24) is 15.5 Å². The van der Waals surface area contributed by atoms with E-state index in [-0.39, 0.29) is 18.1 Å². The second-order valence-electron chi connectivity index (χ2n) is 7.51. The first-order valence-electron chi connectivity index (χ1n) is 8.84. The van der Waals surface area contributed by atoms with E-state index >= 15 is 0 Å². The SMILES string of the molecule is C[C@@H](NC(=O)N1CCC[C@H](NC(=O)OC(C)(C)C)C1)c1ccccc1. The summed E-state index contributed by atoms with van der Waals surface area (Å²) in [6.45, 7) is 8.65. The third-order valence-corrected chi connectivity index (χ3v) is 4.07. The number of urea groups is 1. The van der Waals surface area contributed by atoms with Gasteiger partial charge in [-0.1, -0.05) is 30.3 Å². The summed E-state index contributed by atoms with van der Waals surface area (Å²) in [5.74, 6) is 0. The first-order valence-corrected chi connectivity index (χ1v) is 8.84. The summed E-state index contributed by atoms with van der Waals surface area (Å²) in [5, 5.41) is 5.88. The van der Waals surface area contributed by atoms with E-state index in [0.29, 0.717) is 13.1 Å². The van der Waals surface area contributed by atoms with Gasteiger partial charge in [0.1, 0.15) is 5.60 Å². The fraction of sp³-hybridized carbons (Fsp3) is 0.579. The molecule has 3 amide bonds. The van der Waals surface area contributed by atoms with Crippen LogP contribution in [0.15, 0.2) is 30.3 Å². The molecule has 138 valence electrons. The summed E-state index contributed by atoms with van der Waals surface area (Å²) in [7, 11) is 0. The summed E-state index contributed by atoms with van der Waals surface area (Å²) in [5.41, 5.74) is 0.539. The second kappa shape index (κ2) is 8.23. The standard InChI is InChI=1S/C19H29N3O3/c1-14(15-9-6-5-7-10-15)20-17(23)22-12-8-11-16(13-22)21-18(24)25-19(2,3)4/h5-7,9-10,14,16H,8,11-13H2,1-4H3,(H,20,23)(H,21,24)/t14-,16+/m1/s1. The first kappa shape index (κ1) is 19.1. The smallest absolute Gasteiger partial charge is 0.407 e. The highest BCUT2D eigenvalue weighted by atomic mass is 16.6. The van der Waals surface area contributed by atoms with Crippen LogP contribution in [0.1, 0.15) is 52.1 Å². The lowest BCUT2D eigenvalue weighted by molar-refractivity contribution is 0.0479. The van der Waals surface area contributed by atoms with Crippen molar-refractivity contribution in [2.24, 2.45) is 0 Å². The van der Waals surface area contributed by atoms with Gasteiger partial charge >= 0.3 is 12.1 Å². The van der Waals surface area contributed by atoms with E-state index in [4.69, 9.17) is 4.74 Å². The van der Waals surface area contributed by atoms with Crippen molar-refractivity contribution in [2.75, 3.05) is 13.1 Å². The molecule has 1 heterocycles. The number of hydrogen-bond donors (Lipinski definition) is 2. The maximum Gasteiger partial charge on any atom is 0.407 e. The van der Waals surface area contributed by atoms with Crippen molar-refractivity contribution in [3.8, 4) is 0 Å². The van der Waals surface area contributed by atoms with Gasteiger partial charge in [-0.15, -0.1) is 0 Å². The van der Waals surface area contributed by atoms with Crippen LogP contribution in [0.3, 0.4) is 0 Å². The molecule has 1 aromatic rings. The molecular formula is C19H29N3O3. The summed E-state index contributed by atoms with van der Waals surface area (Å²) in [6.07, 6.45) is 1.27. The molecule has 25 heavy (non-hydrogen) atoms. The summed E-state index contributed by atoms with van der Waals surface area (Å²) in [6, 6.07) is 9.61. The quantitative estimate of drug-likeness (QED) is 0.880. The van der Waals surface area contributed by atoms with E-state index in [1.54, 1.807) is 4.90 Å². The highest BCUT2D eigenvalue weighted by Gasteiger charge is 2.27. The van der Waals surface area contributed by atoms with Gasteiger partial charge in [-0.25, -0.2) is 9.59 Å². The normalized spacial score (nSPS) is 19.0. The van der Waals surface area contributed by atoms with Crippen LogP contribution in [0, 0.1) is 0 Å². The third-order valence-electron chi connectivity index (χ3n) is 4.07. The van der Waals surface area contributed by atoms with E-state index in [1.807, 2.05) is 58.0 Å². The van der Waals surface area contributed by atoms with Crippen molar-refractivity contribution in [1.29, 1.82) is 0 Å². The summed E-state index contributed by atoms with van der Waals surface area (Å²) >= 11 is 0. The van der Waals surface area contributed by atoms with Crippen LogP contribution in [-0.4, -0.2) is 41.8 Å². The van der Waals surface area contributed by atoms with Crippen LogP contribution < -0.4 is 10.6 Å². The molecule has 1 aliphatic heterocycles. The zero-order chi connectivity index (χ0) is 18.4. The fourth-order valence-corrected chi connectivity index (χ4v) is 2.86. The Bertz CT molecular complexity index is 583. The Morgan fingerprint density at radius 1 is 1.24 bits per heavy atom. The average molecular weight is 347 g/mol. The van der Waals surface area contributed by atoms with Gasteiger partial charge in [0.15, 0.2) is 0 Å². The van der Waals surface area contributed by atoms with Gasteiger partial charge in [0, 0.05) is 19.1 Å². The molecule has 2 atom stereocenters. The number of benzene rings is 1. The largest absolute Gasteiger partial charge is 0.444 e. The van der Waals surface area contributed by atoms with Crippen molar-refractivity contribution < 1.29 is 14.3 Å². The Labute approximate surface area is 149 Å². The van der Waals surface area contributed by atoms with Gasteiger partial charge < -0.3 is 20.3 Å².